The molecule has 0 aliphatic carbocycles. The first kappa shape index (κ1) is 22.0. The highest BCUT2D eigenvalue weighted by atomic mass is 16.8. The van der Waals surface area contributed by atoms with Crippen LogP contribution in [0.15, 0.2) is 24.3 Å². The first-order valence-corrected chi connectivity index (χ1v) is 10.8. The van der Waals surface area contributed by atoms with Gasteiger partial charge in [0.1, 0.15) is 30.2 Å². The lowest BCUT2D eigenvalue weighted by Crippen LogP contribution is -2.44. The van der Waals surface area contributed by atoms with E-state index in [1.54, 1.807) is 0 Å². The van der Waals surface area contributed by atoms with Crippen molar-refractivity contribution in [2.45, 2.75) is 90.4 Å². The van der Waals surface area contributed by atoms with E-state index >= 15 is 0 Å². The van der Waals surface area contributed by atoms with Gasteiger partial charge in [-0.25, -0.2) is 0 Å². The Balaban J connectivity index is 1.41. The van der Waals surface area contributed by atoms with E-state index in [0.717, 1.165) is 11.3 Å². The Bertz CT molecular complexity index is 715. The molecule has 0 radical (unpaired) electrons. The van der Waals surface area contributed by atoms with Crippen LogP contribution in [0.4, 0.5) is 0 Å². The zero-order valence-corrected chi connectivity index (χ0v) is 18.8. The highest BCUT2D eigenvalue weighted by Gasteiger charge is 2.58. The van der Waals surface area contributed by atoms with E-state index in [-0.39, 0.29) is 24.4 Å². The predicted molar refractivity (Wildman–Crippen MR) is 109 cm³/mol. The van der Waals surface area contributed by atoms with Crippen molar-refractivity contribution in [1.29, 1.82) is 0 Å². The summed E-state index contributed by atoms with van der Waals surface area (Å²) < 4.78 is 42.1. The SMILES string of the molecule is CC(C)COc1ccc(CO[C@@H]2[C@H]3OC(C)(C)O[C@H]3O[C@@H]2C2COC(C)(C)O2)cc1. The maximum atomic E-state index is 6.32. The van der Waals surface area contributed by atoms with E-state index in [0.29, 0.717) is 25.7 Å². The van der Waals surface area contributed by atoms with Gasteiger partial charge in [0.25, 0.3) is 0 Å². The Kier molecular flexibility index (Phi) is 6.14. The molecule has 3 fully saturated rings. The quantitative estimate of drug-likeness (QED) is 0.665. The molecule has 0 bridgehead atoms. The lowest BCUT2D eigenvalue weighted by atomic mass is 10.1. The molecular formula is C23H34O7. The Morgan fingerprint density at radius 3 is 2.33 bits per heavy atom. The topological polar surface area (TPSA) is 64.6 Å². The van der Waals surface area contributed by atoms with Gasteiger partial charge in [0.05, 0.1) is 19.8 Å². The maximum Gasteiger partial charge on any atom is 0.190 e. The van der Waals surface area contributed by atoms with Gasteiger partial charge >= 0.3 is 0 Å². The van der Waals surface area contributed by atoms with Crippen LogP contribution < -0.4 is 4.74 Å². The van der Waals surface area contributed by atoms with Crippen molar-refractivity contribution in [2.24, 2.45) is 5.92 Å². The average Bonchev–Trinajstić information content (AvgIpc) is 3.28. The first-order chi connectivity index (χ1) is 14.1. The molecule has 7 heteroatoms. The van der Waals surface area contributed by atoms with Crippen molar-refractivity contribution in [2.75, 3.05) is 13.2 Å². The molecule has 0 N–H and O–H groups in total. The maximum absolute atomic E-state index is 6.32. The van der Waals surface area contributed by atoms with Crippen molar-refractivity contribution in [3.63, 3.8) is 0 Å². The molecule has 7 nitrogen and oxygen atoms in total. The molecule has 168 valence electrons. The Morgan fingerprint density at radius 2 is 1.70 bits per heavy atom. The summed E-state index contributed by atoms with van der Waals surface area (Å²) >= 11 is 0. The first-order valence-electron chi connectivity index (χ1n) is 10.8. The van der Waals surface area contributed by atoms with Gasteiger partial charge in [-0.2, -0.15) is 0 Å². The molecule has 3 heterocycles. The van der Waals surface area contributed by atoms with Crippen LogP contribution in [0.1, 0.15) is 47.1 Å². The van der Waals surface area contributed by atoms with E-state index in [9.17, 15) is 0 Å². The van der Waals surface area contributed by atoms with E-state index < -0.39 is 17.9 Å². The lowest BCUT2D eigenvalue weighted by molar-refractivity contribution is -0.236. The van der Waals surface area contributed by atoms with Gasteiger partial charge in [-0.1, -0.05) is 26.0 Å². The van der Waals surface area contributed by atoms with Crippen LogP contribution in [-0.2, 0) is 35.0 Å². The molecule has 1 unspecified atom stereocenters. The summed E-state index contributed by atoms with van der Waals surface area (Å²) in [6.45, 7) is 13.4. The van der Waals surface area contributed by atoms with Crippen LogP contribution in [0.2, 0.25) is 0 Å². The standard InChI is InChI=1S/C23H34O7/c1-14(2)11-24-16-9-7-15(8-10-16)12-25-19-18(17-13-26-22(3,4)28-17)27-21-20(19)29-23(5,6)30-21/h7-10,14,17-21H,11-13H2,1-6H3/t17?,18-,19+,20-,21-/m1/s1. The van der Waals surface area contributed by atoms with Crippen molar-refractivity contribution < 1.29 is 33.2 Å². The molecule has 1 aromatic carbocycles. The normalized spacial score (nSPS) is 34.4. The number of hydrogen-bond donors (Lipinski definition) is 0. The Hall–Kier alpha value is -1.22. The van der Waals surface area contributed by atoms with Gasteiger partial charge in [0, 0.05) is 0 Å². The molecular weight excluding hydrogens is 388 g/mol. The zero-order valence-electron chi connectivity index (χ0n) is 18.8. The minimum Gasteiger partial charge on any atom is -0.493 e. The smallest absolute Gasteiger partial charge is 0.190 e. The Morgan fingerprint density at radius 1 is 0.967 bits per heavy atom. The number of ether oxygens (including phenoxy) is 7. The molecule has 0 aromatic heterocycles. The number of benzene rings is 1. The fourth-order valence-corrected chi connectivity index (χ4v) is 4.01. The summed E-state index contributed by atoms with van der Waals surface area (Å²) in [4.78, 5) is 0. The van der Waals surface area contributed by atoms with E-state index in [2.05, 4.69) is 13.8 Å². The molecule has 0 spiro atoms. The third-order valence-electron chi connectivity index (χ3n) is 5.37. The van der Waals surface area contributed by atoms with Gasteiger partial charge in [-0.05, 0) is 51.3 Å². The molecule has 3 aliphatic heterocycles. The van der Waals surface area contributed by atoms with Crippen LogP contribution in [0.3, 0.4) is 0 Å². The fraction of sp³-hybridized carbons (Fsp3) is 0.739. The minimum atomic E-state index is -0.705. The summed E-state index contributed by atoms with van der Waals surface area (Å²) in [7, 11) is 0. The van der Waals surface area contributed by atoms with E-state index in [4.69, 9.17) is 33.2 Å². The second kappa shape index (κ2) is 8.37. The van der Waals surface area contributed by atoms with Gasteiger partial charge in [-0.3, -0.25) is 0 Å². The van der Waals surface area contributed by atoms with Crippen molar-refractivity contribution in [3.05, 3.63) is 29.8 Å². The van der Waals surface area contributed by atoms with Gasteiger partial charge in [-0.15, -0.1) is 0 Å². The predicted octanol–water partition coefficient (Wildman–Crippen LogP) is 3.63. The molecule has 5 atom stereocenters. The van der Waals surface area contributed by atoms with Crippen molar-refractivity contribution >= 4 is 0 Å². The highest BCUT2D eigenvalue weighted by Crippen LogP contribution is 2.42. The lowest BCUT2D eigenvalue weighted by Gasteiger charge is -2.29. The number of rotatable bonds is 7. The van der Waals surface area contributed by atoms with Crippen LogP contribution >= 0.6 is 0 Å². The average molecular weight is 423 g/mol. The van der Waals surface area contributed by atoms with Crippen LogP contribution in [0, 0.1) is 5.92 Å². The van der Waals surface area contributed by atoms with Crippen LogP contribution in [0.25, 0.3) is 0 Å². The van der Waals surface area contributed by atoms with E-state index in [1.807, 2.05) is 52.0 Å². The molecule has 3 saturated heterocycles. The fourth-order valence-electron chi connectivity index (χ4n) is 4.01. The van der Waals surface area contributed by atoms with Gasteiger partial charge in [0.15, 0.2) is 17.9 Å². The third-order valence-corrected chi connectivity index (χ3v) is 5.37. The van der Waals surface area contributed by atoms with Crippen molar-refractivity contribution in [3.8, 4) is 5.75 Å². The highest BCUT2D eigenvalue weighted by molar-refractivity contribution is 5.27. The number of fused-ring (bicyclic) bond motifs is 1. The molecule has 30 heavy (non-hydrogen) atoms. The minimum absolute atomic E-state index is 0.238. The summed E-state index contributed by atoms with van der Waals surface area (Å²) in [6.07, 6.45) is -1.68. The largest absolute Gasteiger partial charge is 0.493 e. The molecule has 1 aromatic rings. The van der Waals surface area contributed by atoms with Crippen molar-refractivity contribution in [1.82, 2.24) is 0 Å². The van der Waals surface area contributed by atoms with Crippen LogP contribution in [0.5, 0.6) is 5.75 Å². The van der Waals surface area contributed by atoms with Crippen LogP contribution in [-0.4, -0.2) is 55.5 Å². The van der Waals surface area contributed by atoms with Gasteiger partial charge in [0.2, 0.25) is 0 Å². The van der Waals surface area contributed by atoms with Gasteiger partial charge < -0.3 is 33.2 Å². The molecule has 4 rings (SSSR count). The summed E-state index contributed by atoms with van der Waals surface area (Å²) in [5.74, 6) is 0.0136. The summed E-state index contributed by atoms with van der Waals surface area (Å²) in [5.41, 5.74) is 1.05. The van der Waals surface area contributed by atoms with E-state index in [1.165, 1.54) is 0 Å². The summed E-state index contributed by atoms with van der Waals surface area (Å²) in [6, 6.07) is 7.99. The monoisotopic (exact) mass is 422 g/mol. The summed E-state index contributed by atoms with van der Waals surface area (Å²) in [5, 5.41) is 0. The number of hydrogen-bond acceptors (Lipinski definition) is 7. The third kappa shape index (κ3) is 4.98. The second-order valence-corrected chi connectivity index (χ2v) is 9.56. The molecule has 3 aliphatic rings. The molecule has 0 saturated carbocycles. The molecule has 0 amide bonds. The second-order valence-electron chi connectivity index (χ2n) is 9.56. The Labute approximate surface area is 178 Å². The zero-order chi connectivity index (χ0) is 21.5.